The summed E-state index contributed by atoms with van der Waals surface area (Å²) in [7, 11) is 0. The molecule has 0 bridgehead atoms. The average Bonchev–Trinajstić information content (AvgIpc) is 3.11. The third-order valence-electron chi connectivity index (χ3n) is 4.01. The number of aromatic amines is 1. The first-order chi connectivity index (χ1) is 9.85. The number of likely N-dealkylation sites (tertiary alicyclic amines) is 1. The lowest BCUT2D eigenvalue weighted by molar-refractivity contribution is 0.198. The second kappa shape index (κ2) is 6.22. The molecule has 3 rings (SSSR count). The van der Waals surface area contributed by atoms with Crippen LogP contribution in [0.1, 0.15) is 43.4 Å². The Labute approximate surface area is 120 Å². The molecule has 0 radical (unpaired) electrons. The summed E-state index contributed by atoms with van der Waals surface area (Å²) in [6, 6.07) is 2.10. The maximum Gasteiger partial charge on any atom is 0.0534 e. The summed E-state index contributed by atoms with van der Waals surface area (Å²) in [5, 5.41) is 11.6. The van der Waals surface area contributed by atoms with Crippen molar-refractivity contribution in [3.05, 3.63) is 35.9 Å². The van der Waals surface area contributed by atoms with Crippen molar-refractivity contribution in [1.29, 1.82) is 0 Å². The second-order valence-electron chi connectivity index (χ2n) is 5.70. The van der Waals surface area contributed by atoms with E-state index in [1.165, 1.54) is 30.6 Å². The maximum atomic E-state index is 4.41. The summed E-state index contributed by atoms with van der Waals surface area (Å²) in [5.74, 6) is 0.594. The molecule has 20 heavy (non-hydrogen) atoms. The van der Waals surface area contributed by atoms with Gasteiger partial charge in [-0.15, -0.1) is 0 Å². The van der Waals surface area contributed by atoms with Gasteiger partial charge in [-0.1, -0.05) is 6.92 Å². The van der Waals surface area contributed by atoms with Crippen LogP contribution in [0.15, 0.2) is 24.7 Å². The number of nitrogens with zero attached hydrogens (tertiary/aromatic N) is 4. The summed E-state index contributed by atoms with van der Waals surface area (Å²) < 4.78 is 2.05. The molecule has 1 aliphatic rings. The Hall–Kier alpha value is -1.62. The largest absolute Gasteiger partial charge is 0.298 e. The molecule has 2 aromatic heterocycles. The Morgan fingerprint density at radius 2 is 2.40 bits per heavy atom. The van der Waals surface area contributed by atoms with Crippen LogP contribution in [-0.4, -0.2) is 38.0 Å². The third-order valence-corrected chi connectivity index (χ3v) is 4.01. The zero-order valence-electron chi connectivity index (χ0n) is 12.1. The van der Waals surface area contributed by atoms with Gasteiger partial charge in [0.2, 0.25) is 0 Å². The molecule has 2 aromatic rings. The highest BCUT2D eigenvalue weighted by Gasteiger charge is 2.22. The molecule has 0 aliphatic carbocycles. The predicted octanol–water partition coefficient (Wildman–Crippen LogP) is 2.40. The number of hydrogen-bond donors (Lipinski definition) is 1. The third kappa shape index (κ3) is 3.10. The molecule has 1 atom stereocenters. The van der Waals surface area contributed by atoms with E-state index < -0.39 is 0 Å². The van der Waals surface area contributed by atoms with Crippen molar-refractivity contribution in [2.24, 2.45) is 0 Å². The molecular weight excluding hydrogens is 250 g/mol. The van der Waals surface area contributed by atoms with Crippen molar-refractivity contribution in [2.75, 3.05) is 13.1 Å². The van der Waals surface area contributed by atoms with Crippen LogP contribution in [0.5, 0.6) is 0 Å². The van der Waals surface area contributed by atoms with Gasteiger partial charge in [0, 0.05) is 49.2 Å². The van der Waals surface area contributed by atoms with E-state index in [0.717, 1.165) is 26.1 Å². The first-order valence-electron chi connectivity index (χ1n) is 7.58. The van der Waals surface area contributed by atoms with E-state index in [1.807, 2.05) is 17.1 Å². The fraction of sp³-hybridized carbons (Fsp3) is 0.600. The molecule has 1 saturated heterocycles. The maximum absolute atomic E-state index is 4.41. The van der Waals surface area contributed by atoms with Gasteiger partial charge in [0.1, 0.15) is 0 Å². The van der Waals surface area contributed by atoms with Crippen molar-refractivity contribution >= 4 is 0 Å². The number of nitrogens with one attached hydrogen (secondary N) is 1. The number of H-pyrrole nitrogens is 1. The molecule has 5 nitrogen and oxygen atoms in total. The lowest BCUT2D eigenvalue weighted by Crippen LogP contribution is -2.33. The van der Waals surface area contributed by atoms with Gasteiger partial charge in [-0.3, -0.25) is 14.7 Å². The minimum absolute atomic E-state index is 0.594. The average molecular weight is 273 g/mol. The van der Waals surface area contributed by atoms with E-state index >= 15 is 0 Å². The van der Waals surface area contributed by atoms with E-state index in [2.05, 4.69) is 39.4 Å². The lowest BCUT2D eigenvalue weighted by Gasteiger charge is -2.31. The monoisotopic (exact) mass is 273 g/mol. The van der Waals surface area contributed by atoms with Crippen LogP contribution in [0.2, 0.25) is 0 Å². The molecule has 1 fully saturated rings. The standard InChI is InChI=1S/C15H23N5/c1-2-7-20-11-13(9-17-20)10-19-8-3-4-14(12-19)15-5-6-16-18-15/h5-6,9,11,14H,2-4,7-8,10,12H2,1H3,(H,16,18). The van der Waals surface area contributed by atoms with Gasteiger partial charge in [-0.2, -0.15) is 10.2 Å². The van der Waals surface area contributed by atoms with Crippen molar-refractivity contribution in [3.8, 4) is 0 Å². The number of aromatic nitrogens is 4. The van der Waals surface area contributed by atoms with Crippen LogP contribution in [-0.2, 0) is 13.1 Å². The summed E-state index contributed by atoms with van der Waals surface area (Å²) in [5.41, 5.74) is 2.60. The number of piperidine rings is 1. The van der Waals surface area contributed by atoms with Gasteiger partial charge in [-0.05, 0) is 31.9 Å². The first kappa shape index (κ1) is 13.4. The Morgan fingerprint density at radius 1 is 1.45 bits per heavy atom. The van der Waals surface area contributed by atoms with Crippen molar-refractivity contribution in [1.82, 2.24) is 24.9 Å². The number of rotatable bonds is 5. The quantitative estimate of drug-likeness (QED) is 0.910. The Bertz CT molecular complexity index is 516. The molecular formula is C15H23N5. The van der Waals surface area contributed by atoms with E-state index in [1.54, 1.807) is 0 Å². The van der Waals surface area contributed by atoms with Crippen LogP contribution < -0.4 is 0 Å². The van der Waals surface area contributed by atoms with Crippen LogP contribution in [0.25, 0.3) is 0 Å². The minimum atomic E-state index is 0.594. The van der Waals surface area contributed by atoms with Crippen LogP contribution in [0, 0.1) is 0 Å². The molecule has 1 N–H and O–H groups in total. The highest BCUT2D eigenvalue weighted by atomic mass is 15.3. The zero-order chi connectivity index (χ0) is 13.8. The highest BCUT2D eigenvalue weighted by molar-refractivity contribution is 5.09. The Morgan fingerprint density at radius 3 is 3.20 bits per heavy atom. The topological polar surface area (TPSA) is 49.7 Å². The molecule has 3 heterocycles. The molecule has 0 spiro atoms. The SMILES string of the molecule is CCCn1cc(CN2CCCC(c3ccn[nH]3)C2)cn1. The molecule has 0 saturated carbocycles. The first-order valence-corrected chi connectivity index (χ1v) is 7.58. The molecule has 0 aromatic carbocycles. The van der Waals surface area contributed by atoms with Gasteiger partial charge in [-0.25, -0.2) is 0 Å². The fourth-order valence-corrected chi connectivity index (χ4v) is 3.04. The van der Waals surface area contributed by atoms with E-state index in [-0.39, 0.29) is 0 Å². The number of hydrogen-bond acceptors (Lipinski definition) is 3. The van der Waals surface area contributed by atoms with Crippen molar-refractivity contribution in [2.45, 2.75) is 45.2 Å². The fourth-order valence-electron chi connectivity index (χ4n) is 3.04. The smallest absolute Gasteiger partial charge is 0.0534 e. The Kier molecular flexibility index (Phi) is 4.16. The summed E-state index contributed by atoms with van der Waals surface area (Å²) in [6.07, 6.45) is 9.69. The zero-order valence-corrected chi connectivity index (χ0v) is 12.1. The summed E-state index contributed by atoms with van der Waals surface area (Å²) in [6.45, 7) is 6.50. The number of aryl methyl sites for hydroxylation is 1. The van der Waals surface area contributed by atoms with Gasteiger partial charge in [0.05, 0.1) is 6.20 Å². The van der Waals surface area contributed by atoms with Crippen molar-refractivity contribution < 1.29 is 0 Å². The summed E-state index contributed by atoms with van der Waals surface area (Å²) in [4.78, 5) is 2.53. The second-order valence-corrected chi connectivity index (χ2v) is 5.70. The van der Waals surface area contributed by atoms with Crippen molar-refractivity contribution in [3.63, 3.8) is 0 Å². The van der Waals surface area contributed by atoms with E-state index in [9.17, 15) is 0 Å². The minimum Gasteiger partial charge on any atom is -0.298 e. The summed E-state index contributed by atoms with van der Waals surface area (Å²) >= 11 is 0. The van der Waals surface area contributed by atoms with Crippen LogP contribution in [0.4, 0.5) is 0 Å². The van der Waals surface area contributed by atoms with Gasteiger partial charge >= 0.3 is 0 Å². The molecule has 1 aliphatic heterocycles. The van der Waals surface area contributed by atoms with E-state index in [0.29, 0.717) is 5.92 Å². The lowest BCUT2D eigenvalue weighted by atomic mass is 9.95. The van der Waals surface area contributed by atoms with Crippen LogP contribution in [0.3, 0.4) is 0 Å². The van der Waals surface area contributed by atoms with Gasteiger partial charge in [0.25, 0.3) is 0 Å². The highest BCUT2D eigenvalue weighted by Crippen LogP contribution is 2.26. The molecule has 1 unspecified atom stereocenters. The van der Waals surface area contributed by atoms with Gasteiger partial charge < -0.3 is 0 Å². The normalized spacial score (nSPS) is 20.4. The predicted molar refractivity (Wildman–Crippen MR) is 78.4 cm³/mol. The Balaban J connectivity index is 1.59. The molecule has 108 valence electrons. The van der Waals surface area contributed by atoms with Gasteiger partial charge in [0.15, 0.2) is 0 Å². The van der Waals surface area contributed by atoms with E-state index in [4.69, 9.17) is 0 Å². The molecule has 0 amide bonds. The van der Waals surface area contributed by atoms with Crippen LogP contribution >= 0.6 is 0 Å². The molecule has 5 heteroatoms.